The maximum absolute atomic E-state index is 13.5. The van der Waals surface area contributed by atoms with Crippen LogP contribution in [0.4, 0.5) is 0 Å². The number of ether oxygens (including phenoxy) is 1. The Kier molecular flexibility index (Phi) is 4.82. The smallest absolute Gasteiger partial charge is 0.318 e. The van der Waals surface area contributed by atoms with Crippen LogP contribution in [0.15, 0.2) is 34.2 Å². The van der Waals surface area contributed by atoms with Gasteiger partial charge in [0.2, 0.25) is 0 Å². The Hall–Kier alpha value is -2.12. The van der Waals surface area contributed by atoms with Gasteiger partial charge in [0.15, 0.2) is 5.16 Å². The number of esters is 1. The zero-order valence-electron chi connectivity index (χ0n) is 15.4. The van der Waals surface area contributed by atoms with Crippen LogP contribution in [0.25, 0.3) is 15.9 Å². The molecule has 2 heterocycles. The zero-order valence-corrected chi connectivity index (χ0v) is 17.1. The van der Waals surface area contributed by atoms with Crippen LogP contribution in [-0.4, -0.2) is 27.9 Å². The van der Waals surface area contributed by atoms with Crippen LogP contribution >= 0.6 is 23.1 Å². The lowest BCUT2D eigenvalue weighted by atomic mass is 10.2. The number of carbonyl (C=O) groups is 1. The molecular weight excluding hydrogens is 380 g/mol. The molecule has 1 unspecified atom stereocenters. The molecule has 140 valence electrons. The Morgan fingerprint density at radius 1 is 1.30 bits per heavy atom. The molecule has 0 N–H and O–H groups in total. The van der Waals surface area contributed by atoms with Gasteiger partial charge in [-0.3, -0.25) is 14.2 Å². The van der Waals surface area contributed by atoms with Crippen LogP contribution in [0.3, 0.4) is 0 Å². The summed E-state index contributed by atoms with van der Waals surface area (Å²) in [5.74, 6) is -0.335. The van der Waals surface area contributed by atoms with Crippen molar-refractivity contribution in [2.75, 3.05) is 7.11 Å². The highest BCUT2D eigenvalue weighted by atomic mass is 32.2. The lowest BCUT2D eigenvalue weighted by Gasteiger charge is -2.15. The first-order valence-electron chi connectivity index (χ1n) is 8.88. The molecule has 1 aliphatic carbocycles. The highest BCUT2D eigenvalue weighted by Crippen LogP contribution is 2.36. The quantitative estimate of drug-likeness (QED) is 0.378. The van der Waals surface area contributed by atoms with E-state index in [0.717, 1.165) is 46.3 Å². The molecule has 0 aliphatic heterocycles. The Balaban J connectivity index is 1.94. The number of hydrogen-bond donors (Lipinski definition) is 0. The van der Waals surface area contributed by atoms with Gasteiger partial charge in [0.1, 0.15) is 10.1 Å². The molecule has 0 radical (unpaired) electrons. The van der Waals surface area contributed by atoms with Crippen molar-refractivity contribution < 1.29 is 9.53 Å². The molecule has 4 rings (SSSR count). The molecule has 0 saturated carbocycles. The first-order valence-corrected chi connectivity index (χ1v) is 10.6. The molecule has 27 heavy (non-hydrogen) atoms. The fourth-order valence-corrected chi connectivity index (χ4v) is 5.65. The van der Waals surface area contributed by atoms with Gasteiger partial charge < -0.3 is 4.74 Å². The van der Waals surface area contributed by atoms with Crippen LogP contribution in [0.5, 0.6) is 0 Å². The van der Waals surface area contributed by atoms with Crippen molar-refractivity contribution in [1.82, 2.24) is 9.55 Å². The van der Waals surface area contributed by atoms with Gasteiger partial charge in [0, 0.05) is 4.88 Å². The van der Waals surface area contributed by atoms with E-state index in [-0.39, 0.29) is 11.5 Å². The molecule has 1 aromatic carbocycles. The van der Waals surface area contributed by atoms with Gasteiger partial charge in [-0.2, -0.15) is 0 Å². The third-order valence-corrected chi connectivity index (χ3v) is 7.03. The minimum Gasteiger partial charge on any atom is -0.468 e. The van der Waals surface area contributed by atoms with E-state index in [1.54, 1.807) is 22.8 Å². The maximum atomic E-state index is 13.5. The first-order chi connectivity index (χ1) is 13.0. The number of aryl methyl sites for hydroxylation is 3. The largest absolute Gasteiger partial charge is 0.468 e. The Morgan fingerprint density at radius 3 is 2.74 bits per heavy atom. The summed E-state index contributed by atoms with van der Waals surface area (Å²) in [6, 6.07) is 7.79. The average Bonchev–Trinajstić information content (AvgIpc) is 3.23. The minimum atomic E-state index is -0.456. The molecule has 2 aromatic heterocycles. The number of benzene rings is 1. The van der Waals surface area contributed by atoms with Crippen molar-refractivity contribution in [2.24, 2.45) is 0 Å². The first kappa shape index (κ1) is 18.3. The summed E-state index contributed by atoms with van der Waals surface area (Å²) in [5, 5.41) is 0.806. The second kappa shape index (κ2) is 7.13. The number of nitrogens with zero attached hydrogens (tertiary/aromatic N) is 2. The second-order valence-corrected chi connectivity index (χ2v) is 9.08. The van der Waals surface area contributed by atoms with Gasteiger partial charge in [0.25, 0.3) is 5.56 Å². The minimum absolute atomic E-state index is 0.0529. The van der Waals surface area contributed by atoms with Crippen LogP contribution < -0.4 is 5.56 Å². The summed E-state index contributed by atoms with van der Waals surface area (Å²) < 4.78 is 6.48. The molecule has 0 amide bonds. The fourth-order valence-electron chi connectivity index (χ4n) is 3.40. The molecule has 0 spiro atoms. The molecule has 0 bridgehead atoms. The van der Waals surface area contributed by atoms with Gasteiger partial charge in [-0.25, -0.2) is 4.98 Å². The van der Waals surface area contributed by atoms with Gasteiger partial charge in [0.05, 0.1) is 18.2 Å². The van der Waals surface area contributed by atoms with E-state index < -0.39 is 5.25 Å². The third kappa shape index (κ3) is 3.19. The van der Waals surface area contributed by atoms with Crippen molar-refractivity contribution in [2.45, 2.75) is 43.5 Å². The SMILES string of the molecule is COC(=O)C(C)Sc1nc2sc3c(c2c(=O)n1-c1ccc(C)cc1)CCC3. The Morgan fingerprint density at radius 2 is 2.04 bits per heavy atom. The molecule has 1 aliphatic rings. The highest BCUT2D eigenvalue weighted by Gasteiger charge is 2.25. The van der Waals surface area contributed by atoms with Crippen LogP contribution in [-0.2, 0) is 22.4 Å². The molecule has 5 nitrogen and oxygen atoms in total. The number of thiophene rings is 1. The lowest BCUT2D eigenvalue weighted by Crippen LogP contribution is -2.24. The summed E-state index contributed by atoms with van der Waals surface area (Å²) >= 11 is 2.86. The number of fused-ring (bicyclic) bond motifs is 3. The number of carbonyl (C=O) groups excluding carboxylic acids is 1. The fraction of sp³-hybridized carbons (Fsp3) is 0.350. The average molecular weight is 401 g/mol. The van der Waals surface area contributed by atoms with E-state index >= 15 is 0 Å². The van der Waals surface area contributed by atoms with Crippen molar-refractivity contribution >= 4 is 39.3 Å². The molecule has 3 aromatic rings. The normalized spacial score (nSPS) is 14.3. The van der Waals surface area contributed by atoms with Gasteiger partial charge >= 0.3 is 5.97 Å². The standard InChI is InChI=1S/C20H20N2O3S2/c1-11-7-9-13(10-8-11)22-18(23)16-14-5-4-6-15(14)27-17(16)21-20(22)26-12(2)19(24)25-3/h7-10,12H,4-6H2,1-3H3. The number of thioether (sulfide) groups is 1. The van der Waals surface area contributed by atoms with Crippen molar-refractivity contribution in [3.05, 3.63) is 50.6 Å². The number of methoxy groups -OCH3 is 1. The van der Waals surface area contributed by atoms with E-state index in [9.17, 15) is 9.59 Å². The van der Waals surface area contributed by atoms with Gasteiger partial charge in [-0.05, 0) is 50.8 Å². The third-order valence-electron chi connectivity index (χ3n) is 4.82. The predicted molar refractivity (Wildman–Crippen MR) is 109 cm³/mol. The summed E-state index contributed by atoms with van der Waals surface area (Å²) in [6.07, 6.45) is 3.05. The predicted octanol–water partition coefficient (Wildman–Crippen LogP) is 3.90. The Labute approximate surface area is 165 Å². The monoisotopic (exact) mass is 400 g/mol. The summed E-state index contributed by atoms with van der Waals surface area (Å²) in [7, 11) is 1.37. The summed E-state index contributed by atoms with van der Waals surface area (Å²) in [5.41, 5.74) is 2.99. The van der Waals surface area contributed by atoms with Crippen molar-refractivity contribution in [1.29, 1.82) is 0 Å². The van der Waals surface area contributed by atoms with Crippen LogP contribution in [0, 0.1) is 6.92 Å². The molecular formula is C20H20N2O3S2. The number of aromatic nitrogens is 2. The molecule has 0 saturated heterocycles. The topological polar surface area (TPSA) is 61.2 Å². The number of rotatable bonds is 4. The lowest BCUT2D eigenvalue weighted by molar-refractivity contribution is -0.139. The van der Waals surface area contributed by atoms with E-state index in [4.69, 9.17) is 9.72 Å². The highest BCUT2D eigenvalue weighted by molar-refractivity contribution is 8.00. The maximum Gasteiger partial charge on any atom is 0.318 e. The van der Waals surface area contributed by atoms with E-state index in [1.165, 1.54) is 23.7 Å². The van der Waals surface area contributed by atoms with Crippen LogP contribution in [0.2, 0.25) is 0 Å². The second-order valence-electron chi connectivity index (χ2n) is 6.69. The zero-order chi connectivity index (χ0) is 19.1. The number of hydrogen-bond acceptors (Lipinski definition) is 6. The van der Waals surface area contributed by atoms with Crippen molar-refractivity contribution in [3.8, 4) is 5.69 Å². The van der Waals surface area contributed by atoms with E-state index in [0.29, 0.717) is 5.16 Å². The van der Waals surface area contributed by atoms with Gasteiger partial charge in [-0.1, -0.05) is 29.5 Å². The van der Waals surface area contributed by atoms with E-state index in [1.807, 2.05) is 31.2 Å². The van der Waals surface area contributed by atoms with E-state index in [2.05, 4.69) is 0 Å². The summed E-state index contributed by atoms with van der Waals surface area (Å²) in [4.78, 5) is 32.2. The molecule has 7 heteroatoms. The van der Waals surface area contributed by atoms with Crippen LogP contribution in [0.1, 0.15) is 29.3 Å². The molecule has 1 atom stereocenters. The summed E-state index contributed by atoms with van der Waals surface area (Å²) in [6.45, 7) is 3.77. The van der Waals surface area contributed by atoms with Crippen molar-refractivity contribution in [3.63, 3.8) is 0 Å². The van der Waals surface area contributed by atoms with Gasteiger partial charge in [-0.15, -0.1) is 11.3 Å². The Bertz CT molecular complexity index is 1080. The molecule has 0 fully saturated rings.